The van der Waals surface area contributed by atoms with Crippen LogP contribution in [0.15, 0.2) is 48.5 Å². The number of benzene rings is 2. The fourth-order valence-corrected chi connectivity index (χ4v) is 4.09. The minimum atomic E-state index is -1.05. The lowest BCUT2D eigenvalue weighted by atomic mass is 9.98. The molecule has 0 fully saturated rings. The van der Waals surface area contributed by atoms with E-state index in [9.17, 15) is 19.5 Å². The number of carboxylic acids is 1. The SMILES string of the molecule is CCCCC(NC(=O)C[C@@H](C)NC(=O)OCC1c2ccccc2-c2ccccc21)C(=O)O. The van der Waals surface area contributed by atoms with Crippen LogP contribution in [0.4, 0.5) is 4.79 Å². The third-order valence-electron chi connectivity index (χ3n) is 5.68. The van der Waals surface area contributed by atoms with E-state index in [1.54, 1.807) is 6.92 Å². The van der Waals surface area contributed by atoms with Gasteiger partial charge in [0.25, 0.3) is 0 Å². The Balaban J connectivity index is 1.51. The summed E-state index contributed by atoms with van der Waals surface area (Å²) in [7, 11) is 0. The van der Waals surface area contributed by atoms with Crippen LogP contribution in [0.1, 0.15) is 56.6 Å². The van der Waals surface area contributed by atoms with Crippen molar-refractivity contribution in [3.63, 3.8) is 0 Å². The summed E-state index contributed by atoms with van der Waals surface area (Å²) in [5, 5.41) is 14.4. The maximum absolute atomic E-state index is 12.3. The van der Waals surface area contributed by atoms with Crippen LogP contribution in [0.25, 0.3) is 11.1 Å². The second-order valence-electron chi connectivity index (χ2n) is 8.18. The van der Waals surface area contributed by atoms with Crippen LogP contribution in [0.2, 0.25) is 0 Å². The summed E-state index contributed by atoms with van der Waals surface area (Å²) in [5.41, 5.74) is 4.55. The molecular weight excluding hydrogens is 408 g/mol. The number of amides is 2. The average molecular weight is 439 g/mol. The van der Waals surface area contributed by atoms with Gasteiger partial charge in [-0.05, 0) is 35.6 Å². The summed E-state index contributed by atoms with van der Waals surface area (Å²) in [6, 6.07) is 14.8. The number of unbranched alkanes of at least 4 members (excludes halogenated alkanes) is 1. The van der Waals surface area contributed by atoms with Gasteiger partial charge < -0.3 is 20.5 Å². The number of hydrogen-bond donors (Lipinski definition) is 3. The van der Waals surface area contributed by atoms with Crippen LogP contribution in [-0.4, -0.2) is 41.8 Å². The van der Waals surface area contributed by atoms with Crippen LogP contribution in [0.5, 0.6) is 0 Å². The molecule has 1 aliphatic carbocycles. The monoisotopic (exact) mass is 438 g/mol. The van der Waals surface area contributed by atoms with Crippen molar-refractivity contribution in [3.05, 3.63) is 59.7 Å². The number of carbonyl (C=O) groups is 3. The molecule has 2 aromatic rings. The molecule has 0 spiro atoms. The first-order valence-electron chi connectivity index (χ1n) is 11.0. The standard InChI is InChI=1S/C25H30N2O5/c1-3-4-13-22(24(29)30)27-23(28)14-16(2)26-25(31)32-15-21-19-11-7-5-9-17(19)18-10-6-8-12-20(18)21/h5-12,16,21-22H,3-4,13-15H2,1-2H3,(H,26,31)(H,27,28)(H,29,30)/t16-,22?/m1/s1. The molecule has 7 nitrogen and oxygen atoms in total. The maximum Gasteiger partial charge on any atom is 0.407 e. The van der Waals surface area contributed by atoms with Crippen molar-refractivity contribution in [1.29, 1.82) is 0 Å². The molecule has 0 aliphatic heterocycles. The molecule has 0 saturated carbocycles. The smallest absolute Gasteiger partial charge is 0.407 e. The molecule has 1 unspecified atom stereocenters. The van der Waals surface area contributed by atoms with Gasteiger partial charge in [0.2, 0.25) is 5.91 Å². The lowest BCUT2D eigenvalue weighted by molar-refractivity contribution is -0.142. The van der Waals surface area contributed by atoms with Crippen molar-refractivity contribution in [2.24, 2.45) is 0 Å². The van der Waals surface area contributed by atoms with Gasteiger partial charge >= 0.3 is 12.1 Å². The highest BCUT2D eigenvalue weighted by Crippen LogP contribution is 2.44. The molecule has 0 radical (unpaired) electrons. The normalized spacial score (nSPS) is 14.1. The first kappa shape index (κ1) is 23.3. The Labute approximate surface area is 188 Å². The number of hydrogen-bond acceptors (Lipinski definition) is 4. The molecule has 2 atom stereocenters. The molecule has 2 amide bonds. The Morgan fingerprint density at radius 2 is 1.59 bits per heavy atom. The van der Waals surface area contributed by atoms with E-state index in [1.807, 2.05) is 43.3 Å². The number of fused-ring (bicyclic) bond motifs is 3. The van der Waals surface area contributed by atoms with Gasteiger partial charge in [0.15, 0.2) is 0 Å². The van der Waals surface area contributed by atoms with Crippen LogP contribution in [0.3, 0.4) is 0 Å². The molecule has 0 heterocycles. The minimum Gasteiger partial charge on any atom is -0.480 e. The molecule has 0 saturated heterocycles. The van der Waals surface area contributed by atoms with Gasteiger partial charge in [0.05, 0.1) is 0 Å². The predicted molar refractivity (Wildman–Crippen MR) is 121 cm³/mol. The van der Waals surface area contributed by atoms with Gasteiger partial charge in [0.1, 0.15) is 12.6 Å². The lowest BCUT2D eigenvalue weighted by Crippen LogP contribution is -2.44. The van der Waals surface area contributed by atoms with Gasteiger partial charge in [-0.25, -0.2) is 9.59 Å². The molecule has 1 aliphatic rings. The van der Waals surface area contributed by atoms with Crippen molar-refractivity contribution in [3.8, 4) is 11.1 Å². The van der Waals surface area contributed by atoms with Gasteiger partial charge in [-0.3, -0.25) is 4.79 Å². The zero-order valence-corrected chi connectivity index (χ0v) is 18.5. The highest BCUT2D eigenvalue weighted by atomic mass is 16.5. The maximum atomic E-state index is 12.3. The third kappa shape index (κ3) is 5.66. The summed E-state index contributed by atoms with van der Waals surface area (Å²) in [4.78, 5) is 35.8. The fourth-order valence-electron chi connectivity index (χ4n) is 4.09. The number of carbonyl (C=O) groups excluding carboxylic acids is 2. The fraction of sp³-hybridized carbons (Fsp3) is 0.400. The number of nitrogens with one attached hydrogen (secondary N) is 2. The molecule has 2 aromatic carbocycles. The molecule has 170 valence electrons. The van der Waals surface area contributed by atoms with Crippen molar-refractivity contribution >= 4 is 18.0 Å². The Bertz CT molecular complexity index is 929. The summed E-state index contributed by atoms with van der Waals surface area (Å²) in [6.07, 6.45) is 1.31. The summed E-state index contributed by atoms with van der Waals surface area (Å²) in [6.45, 7) is 3.83. The molecule has 0 bridgehead atoms. The quantitative estimate of drug-likeness (QED) is 0.519. The predicted octanol–water partition coefficient (Wildman–Crippen LogP) is 4.06. The van der Waals surface area contributed by atoms with Gasteiger partial charge in [-0.2, -0.15) is 0 Å². The summed E-state index contributed by atoms with van der Waals surface area (Å²) in [5.74, 6) is -1.51. The van der Waals surface area contributed by atoms with Crippen LogP contribution < -0.4 is 10.6 Å². The number of alkyl carbamates (subject to hydrolysis) is 1. The lowest BCUT2D eigenvalue weighted by Gasteiger charge is -2.18. The van der Waals surface area contributed by atoms with Crippen molar-refractivity contribution in [1.82, 2.24) is 10.6 Å². The number of ether oxygens (including phenoxy) is 1. The van der Waals surface area contributed by atoms with E-state index < -0.39 is 30.1 Å². The van der Waals surface area contributed by atoms with Crippen LogP contribution >= 0.6 is 0 Å². The van der Waals surface area contributed by atoms with Gasteiger partial charge in [-0.1, -0.05) is 68.3 Å². The van der Waals surface area contributed by atoms with E-state index in [4.69, 9.17) is 4.74 Å². The Kier molecular flexibility index (Phi) is 7.87. The van der Waals surface area contributed by atoms with Gasteiger partial charge in [0, 0.05) is 18.4 Å². The molecule has 3 N–H and O–H groups in total. The largest absolute Gasteiger partial charge is 0.480 e. The zero-order chi connectivity index (χ0) is 23.1. The molecule has 32 heavy (non-hydrogen) atoms. The van der Waals surface area contributed by atoms with Crippen molar-refractivity contribution < 1.29 is 24.2 Å². The minimum absolute atomic E-state index is 0.0277. The Hall–Kier alpha value is -3.35. The van der Waals surface area contributed by atoms with E-state index in [1.165, 1.54) is 0 Å². The van der Waals surface area contributed by atoms with E-state index in [-0.39, 0.29) is 18.9 Å². The molecule has 0 aromatic heterocycles. The highest BCUT2D eigenvalue weighted by molar-refractivity contribution is 5.84. The van der Waals surface area contributed by atoms with Gasteiger partial charge in [-0.15, -0.1) is 0 Å². The summed E-state index contributed by atoms with van der Waals surface area (Å²) >= 11 is 0. The van der Waals surface area contributed by atoms with Crippen molar-refractivity contribution in [2.45, 2.75) is 57.5 Å². The van der Waals surface area contributed by atoms with Crippen LogP contribution in [0, 0.1) is 0 Å². The number of rotatable bonds is 10. The molecule has 7 heteroatoms. The first-order valence-corrected chi connectivity index (χ1v) is 11.0. The second-order valence-corrected chi connectivity index (χ2v) is 8.18. The van der Waals surface area contributed by atoms with E-state index in [2.05, 4.69) is 22.8 Å². The topological polar surface area (TPSA) is 105 Å². The van der Waals surface area contributed by atoms with E-state index in [0.717, 1.165) is 28.7 Å². The zero-order valence-electron chi connectivity index (χ0n) is 18.5. The number of carboxylic acid groups (broad SMARTS) is 1. The highest BCUT2D eigenvalue weighted by Gasteiger charge is 2.29. The number of aliphatic carboxylic acids is 1. The van der Waals surface area contributed by atoms with Crippen molar-refractivity contribution in [2.75, 3.05) is 6.61 Å². The second kappa shape index (κ2) is 10.8. The molecule has 3 rings (SSSR count). The first-order chi connectivity index (χ1) is 15.4. The summed E-state index contributed by atoms with van der Waals surface area (Å²) < 4.78 is 5.49. The average Bonchev–Trinajstić information content (AvgIpc) is 3.08. The molecular formula is C25H30N2O5. The Morgan fingerprint density at radius 1 is 1.00 bits per heavy atom. The Morgan fingerprint density at radius 3 is 2.16 bits per heavy atom. The van der Waals surface area contributed by atoms with E-state index >= 15 is 0 Å². The third-order valence-corrected chi connectivity index (χ3v) is 5.68. The van der Waals surface area contributed by atoms with E-state index in [0.29, 0.717) is 12.8 Å². The van der Waals surface area contributed by atoms with Crippen LogP contribution in [-0.2, 0) is 14.3 Å².